The molecule has 10 heteroatoms. The minimum Gasteiger partial charge on any atom is -0.494 e. The van der Waals surface area contributed by atoms with Crippen molar-refractivity contribution in [2.75, 3.05) is 6.61 Å². The summed E-state index contributed by atoms with van der Waals surface area (Å²) in [6.45, 7) is 2.65. The van der Waals surface area contributed by atoms with Crippen LogP contribution in [0.15, 0.2) is 58.1 Å². The highest BCUT2D eigenvalue weighted by Gasteiger charge is 2.12. The maximum atomic E-state index is 12.8. The molecular formula is C22H18N4O5S. The highest BCUT2D eigenvalue weighted by Crippen LogP contribution is 2.15. The molecule has 0 unspecified atom stereocenters. The molecule has 2 aromatic heterocycles. The molecule has 162 valence electrons. The topological polar surface area (TPSA) is 117 Å². The number of ether oxygens (including phenoxy) is 1. The van der Waals surface area contributed by atoms with E-state index < -0.39 is 16.0 Å². The molecule has 0 atom stereocenters. The van der Waals surface area contributed by atoms with Gasteiger partial charge in [0.1, 0.15) is 11.4 Å². The molecule has 0 fully saturated rings. The van der Waals surface area contributed by atoms with Crippen LogP contribution in [0.1, 0.15) is 30.2 Å². The third-order valence-electron chi connectivity index (χ3n) is 4.60. The van der Waals surface area contributed by atoms with Gasteiger partial charge < -0.3 is 4.74 Å². The predicted octanol–water partition coefficient (Wildman–Crippen LogP) is 2.35. The second-order valence-electron chi connectivity index (χ2n) is 7.00. The summed E-state index contributed by atoms with van der Waals surface area (Å²) in [5.74, 6) is 0.745. The van der Waals surface area contributed by atoms with E-state index in [0.717, 1.165) is 33.6 Å². The molecule has 32 heavy (non-hydrogen) atoms. The van der Waals surface area contributed by atoms with Crippen LogP contribution in [0.4, 0.5) is 5.69 Å². The lowest BCUT2D eigenvalue weighted by Crippen LogP contribution is -2.28. The van der Waals surface area contributed by atoms with Crippen molar-refractivity contribution in [3.8, 4) is 5.75 Å². The van der Waals surface area contributed by atoms with Crippen LogP contribution >= 0.6 is 11.3 Å². The molecule has 4 rings (SSSR count). The quantitative estimate of drug-likeness (QED) is 0.313. The number of benzene rings is 2. The Hall–Kier alpha value is -3.92. The van der Waals surface area contributed by atoms with Crippen LogP contribution in [-0.4, -0.2) is 26.1 Å². The van der Waals surface area contributed by atoms with Gasteiger partial charge in [-0.15, -0.1) is 0 Å². The molecule has 0 aliphatic carbocycles. The Bertz CT molecular complexity index is 1460. The number of non-ortho nitro benzene ring substituents is 1. The van der Waals surface area contributed by atoms with Gasteiger partial charge in [-0.3, -0.25) is 19.7 Å². The van der Waals surface area contributed by atoms with Gasteiger partial charge in [0.05, 0.1) is 16.1 Å². The van der Waals surface area contributed by atoms with Crippen molar-refractivity contribution in [3.63, 3.8) is 0 Å². The number of nitrogens with zero attached hydrogens (tertiary/aromatic N) is 4. The number of aromatic nitrogens is 3. The number of nitro groups is 1. The van der Waals surface area contributed by atoms with Crippen LogP contribution in [0.3, 0.4) is 0 Å². The fourth-order valence-corrected chi connectivity index (χ4v) is 3.95. The zero-order valence-electron chi connectivity index (χ0n) is 17.1. The zero-order valence-corrected chi connectivity index (χ0v) is 17.9. The highest BCUT2D eigenvalue weighted by atomic mass is 32.1. The van der Waals surface area contributed by atoms with Crippen LogP contribution in [-0.2, 0) is 6.42 Å². The number of thiazole rings is 1. The lowest BCUT2D eigenvalue weighted by Gasteiger charge is -2.05. The number of hydrogen-bond donors (Lipinski definition) is 0. The summed E-state index contributed by atoms with van der Waals surface area (Å²) in [6.07, 6.45) is 2.66. The van der Waals surface area contributed by atoms with E-state index in [1.807, 2.05) is 31.2 Å². The Balaban J connectivity index is 1.67. The van der Waals surface area contributed by atoms with E-state index >= 15 is 0 Å². The van der Waals surface area contributed by atoms with Crippen LogP contribution in [0.2, 0.25) is 0 Å². The van der Waals surface area contributed by atoms with Gasteiger partial charge >= 0.3 is 0 Å². The molecule has 0 aliphatic rings. The first kappa shape index (κ1) is 21.3. The fourth-order valence-electron chi connectivity index (χ4n) is 3.05. The van der Waals surface area contributed by atoms with Crippen LogP contribution in [0, 0.1) is 10.1 Å². The summed E-state index contributed by atoms with van der Waals surface area (Å²) < 4.78 is 6.93. The van der Waals surface area contributed by atoms with Crippen LogP contribution in [0.5, 0.6) is 5.75 Å². The first-order chi connectivity index (χ1) is 15.4. The third-order valence-corrected chi connectivity index (χ3v) is 5.56. The fraction of sp³-hybridized carbons (Fsp3) is 0.182. The Labute approximate surface area is 185 Å². The molecule has 9 nitrogen and oxygen atoms in total. The lowest BCUT2D eigenvalue weighted by atomic mass is 10.1. The summed E-state index contributed by atoms with van der Waals surface area (Å²) in [6, 6.07) is 13.3. The second kappa shape index (κ2) is 9.06. The van der Waals surface area contributed by atoms with Crippen molar-refractivity contribution in [1.29, 1.82) is 0 Å². The molecule has 4 aromatic rings. The van der Waals surface area contributed by atoms with Gasteiger partial charge in [0, 0.05) is 18.6 Å². The summed E-state index contributed by atoms with van der Waals surface area (Å²) >= 11 is 1.01. The third kappa shape index (κ3) is 4.54. The van der Waals surface area contributed by atoms with Crippen LogP contribution < -0.4 is 20.4 Å². The van der Waals surface area contributed by atoms with Gasteiger partial charge in [0.2, 0.25) is 4.96 Å². The van der Waals surface area contributed by atoms with Gasteiger partial charge in [-0.25, -0.2) is 0 Å². The molecule has 0 radical (unpaired) electrons. The monoisotopic (exact) mass is 450 g/mol. The summed E-state index contributed by atoms with van der Waals surface area (Å²) in [5.41, 5.74) is 0.476. The Morgan fingerprint density at radius 3 is 2.69 bits per heavy atom. The Kier molecular flexibility index (Phi) is 6.04. The minimum absolute atomic E-state index is 0.0774. The van der Waals surface area contributed by atoms with E-state index in [0.29, 0.717) is 12.2 Å². The van der Waals surface area contributed by atoms with E-state index in [4.69, 9.17) is 4.74 Å². The Morgan fingerprint density at radius 2 is 1.97 bits per heavy atom. The lowest BCUT2D eigenvalue weighted by molar-refractivity contribution is -0.384. The van der Waals surface area contributed by atoms with Crippen molar-refractivity contribution in [2.24, 2.45) is 0 Å². The molecular weight excluding hydrogens is 432 g/mol. The van der Waals surface area contributed by atoms with E-state index in [1.165, 1.54) is 24.3 Å². The SMILES string of the molecule is CCCOc1ccc(Cc2nn3c(=O)/c(=C\c4cccc([N+](=O)[O-])c4)sc3nc2=O)cc1. The molecule has 0 bridgehead atoms. The predicted molar refractivity (Wildman–Crippen MR) is 120 cm³/mol. The van der Waals surface area contributed by atoms with Crippen molar-refractivity contribution in [2.45, 2.75) is 19.8 Å². The van der Waals surface area contributed by atoms with Gasteiger partial charge in [-0.05, 0) is 35.8 Å². The molecule has 0 N–H and O–H groups in total. The van der Waals surface area contributed by atoms with Crippen molar-refractivity contribution >= 4 is 28.1 Å². The van der Waals surface area contributed by atoms with E-state index in [9.17, 15) is 19.7 Å². The molecule has 0 spiro atoms. The second-order valence-corrected chi connectivity index (χ2v) is 8.00. The minimum atomic E-state index is -0.503. The van der Waals surface area contributed by atoms with E-state index in [-0.39, 0.29) is 27.3 Å². The van der Waals surface area contributed by atoms with Crippen molar-refractivity contribution in [1.82, 2.24) is 14.6 Å². The van der Waals surface area contributed by atoms with Crippen molar-refractivity contribution < 1.29 is 9.66 Å². The largest absolute Gasteiger partial charge is 0.494 e. The van der Waals surface area contributed by atoms with Crippen LogP contribution in [0.25, 0.3) is 11.0 Å². The average Bonchev–Trinajstić information content (AvgIpc) is 3.08. The normalized spacial score (nSPS) is 11.7. The maximum absolute atomic E-state index is 12.8. The smallest absolute Gasteiger partial charge is 0.296 e. The van der Waals surface area contributed by atoms with Crippen molar-refractivity contribution in [3.05, 3.63) is 101 Å². The molecule has 2 heterocycles. The molecule has 0 amide bonds. The maximum Gasteiger partial charge on any atom is 0.296 e. The van der Waals surface area contributed by atoms with Gasteiger partial charge in [-0.2, -0.15) is 14.6 Å². The molecule has 2 aromatic carbocycles. The van der Waals surface area contributed by atoms with E-state index in [2.05, 4.69) is 10.1 Å². The van der Waals surface area contributed by atoms with Gasteiger partial charge in [0.15, 0.2) is 0 Å². The molecule has 0 saturated carbocycles. The first-order valence-corrected chi connectivity index (χ1v) is 10.7. The average molecular weight is 450 g/mol. The number of nitro benzene ring substituents is 1. The van der Waals surface area contributed by atoms with Gasteiger partial charge in [0.25, 0.3) is 16.8 Å². The van der Waals surface area contributed by atoms with E-state index in [1.54, 1.807) is 6.07 Å². The standard InChI is InChI=1S/C22H18N4O5S/c1-2-10-31-17-8-6-14(7-9-17)12-18-20(27)23-22-25(24-18)21(28)19(32-22)13-15-4-3-5-16(11-15)26(29)30/h3-9,11,13H,2,10,12H2,1H3/b19-13+. The molecule has 0 saturated heterocycles. The number of rotatable bonds is 7. The zero-order chi connectivity index (χ0) is 22.7. The summed E-state index contributed by atoms with van der Waals surface area (Å²) in [5, 5.41) is 15.2. The highest BCUT2D eigenvalue weighted by molar-refractivity contribution is 7.15. The van der Waals surface area contributed by atoms with Gasteiger partial charge in [-0.1, -0.05) is 42.5 Å². The number of fused-ring (bicyclic) bond motifs is 1. The molecule has 0 aliphatic heterocycles. The first-order valence-electron chi connectivity index (χ1n) is 9.85. The summed E-state index contributed by atoms with van der Waals surface area (Å²) in [4.78, 5) is 39.9. The summed E-state index contributed by atoms with van der Waals surface area (Å²) in [7, 11) is 0. The Morgan fingerprint density at radius 1 is 1.19 bits per heavy atom. The number of hydrogen-bond acceptors (Lipinski definition) is 8.